The molecular formula is C19H18ClN3OS. The Bertz CT molecular complexity index is 879. The first-order valence-electron chi connectivity index (χ1n) is 7.77. The van der Waals surface area contributed by atoms with Crippen molar-refractivity contribution in [2.24, 2.45) is 0 Å². The summed E-state index contributed by atoms with van der Waals surface area (Å²) in [6.07, 6.45) is 1.84. The number of nitrogens with zero attached hydrogens (tertiary/aromatic N) is 3. The van der Waals surface area contributed by atoms with E-state index in [0.717, 1.165) is 38.6 Å². The van der Waals surface area contributed by atoms with E-state index in [2.05, 4.69) is 16.8 Å². The van der Waals surface area contributed by atoms with Crippen LogP contribution in [0, 0.1) is 0 Å². The lowest BCUT2D eigenvalue weighted by molar-refractivity contribution is 0.416. The lowest BCUT2D eigenvalue weighted by atomic mass is 10.2. The molecule has 0 unspecified atom stereocenters. The van der Waals surface area contributed by atoms with E-state index in [1.165, 1.54) is 0 Å². The van der Waals surface area contributed by atoms with Gasteiger partial charge in [0, 0.05) is 17.3 Å². The number of halogens is 1. The van der Waals surface area contributed by atoms with E-state index in [1.54, 1.807) is 18.9 Å². The number of thioether (sulfide) groups is 1. The first-order valence-corrected chi connectivity index (χ1v) is 9.14. The minimum Gasteiger partial charge on any atom is -0.496 e. The van der Waals surface area contributed by atoms with Crippen LogP contribution < -0.4 is 4.74 Å². The van der Waals surface area contributed by atoms with Gasteiger partial charge in [-0.2, -0.15) is 0 Å². The number of rotatable bonds is 7. The molecule has 0 bridgehead atoms. The highest BCUT2D eigenvalue weighted by atomic mass is 35.5. The molecule has 0 saturated carbocycles. The molecule has 4 nitrogen and oxygen atoms in total. The van der Waals surface area contributed by atoms with Gasteiger partial charge >= 0.3 is 0 Å². The Balaban J connectivity index is 1.90. The number of hydrogen-bond donors (Lipinski definition) is 0. The van der Waals surface area contributed by atoms with Gasteiger partial charge in [0.05, 0.1) is 12.7 Å². The van der Waals surface area contributed by atoms with E-state index < -0.39 is 0 Å². The second-order valence-electron chi connectivity index (χ2n) is 5.32. The van der Waals surface area contributed by atoms with Gasteiger partial charge in [0.1, 0.15) is 5.75 Å². The second kappa shape index (κ2) is 8.23. The summed E-state index contributed by atoms with van der Waals surface area (Å²) in [4.78, 5) is 0. The fourth-order valence-electron chi connectivity index (χ4n) is 2.49. The molecule has 0 aliphatic heterocycles. The fraction of sp³-hybridized carbons (Fsp3) is 0.158. The molecule has 0 saturated heterocycles. The Morgan fingerprint density at radius 2 is 2.04 bits per heavy atom. The Kier molecular flexibility index (Phi) is 5.79. The van der Waals surface area contributed by atoms with E-state index in [1.807, 2.05) is 59.2 Å². The maximum absolute atomic E-state index is 6.06. The Morgan fingerprint density at radius 1 is 1.20 bits per heavy atom. The van der Waals surface area contributed by atoms with Crippen LogP contribution in [0.15, 0.2) is 66.3 Å². The molecule has 1 heterocycles. The summed E-state index contributed by atoms with van der Waals surface area (Å²) in [7, 11) is 1.65. The van der Waals surface area contributed by atoms with Crippen LogP contribution in [0.1, 0.15) is 5.56 Å². The molecule has 6 heteroatoms. The normalized spacial score (nSPS) is 10.6. The van der Waals surface area contributed by atoms with E-state index in [9.17, 15) is 0 Å². The van der Waals surface area contributed by atoms with Crippen LogP contribution in [0.5, 0.6) is 5.75 Å². The van der Waals surface area contributed by atoms with Crippen LogP contribution in [0.3, 0.4) is 0 Å². The van der Waals surface area contributed by atoms with Gasteiger partial charge in [-0.1, -0.05) is 53.7 Å². The van der Waals surface area contributed by atoms with E-state index in [-0.39, 0.29) is 0 Å². The number of benzene rings is 2. The van der Waals surface area contributed by atoms with E-state index in [0.29, 0.717) is 6.54 Å². The van der Waals surface area contributed by atoms with Crippen molar-refractivity contribution < 1.29 is 4.74 Å². The van der Waals surface area contributed by atoms with Crippen LogP contribution in [0.2, 0.25) is 5.02 Å². The van der Waals surface area contributed by atoms with Crippen molar-refractivity contribution in [2.75, 3.05) is 7.11 Å². The zero-order valence-corrected chi connectivity index (χ0v) is 15.4. The monoisotopic (exact) mass is 371 g/mol. The molecule has 0 N–H and O–H groups in total. The van der Waals surface area contributed by atoms with Crippen LogP contribution in [0.4, 0.5) is 0 Å². The summed E-state index contributed by atoms with van der Waals surface area (Å²) < 4.78 is 7.50. The Morgan fingerprint density at radius 3 is 2.80 bits per heavy atom. The van der Waals surface area contributed by atoms with E-state index in [4.69, 9.17) is 16.3 Å². The minimum atomic E-state index is 0.623. The van der Waals surface area contributed by atoms with Crippen molar-refractivity contribution in [1.29, 1.82) is 0 Å². The minimum absolute atomic E-state index is 0.623. The molecule has 25 heavy (non-hydrogen) atoms. The molecule has 0 atom stereocenters. The van der Waals surface area contributed by atoms with Gasteiger partial charge in [0.2, 0.25) is 0 Å². The molecule has 2 aromatic carbocycles. The number of para-hydroxylation sites is 1. The molecule has 0 aliphatic carbocycles. The molecule has 0 fully saturated rings. The van der Waals surface area contributed by atoms with Gasteiger partial charge in [-0.05, 0) is 29.8 Å². The van der Waals surface area contributed by atoms with Crippen molar-refractivity contribution in [3.8, 4) is 17.1 Å². The molecule has 0 aliphatic rings. The van der Waals surface area contributed by atoms with Gasteiger partial charge in [0.15, 0.2) is 11.0 Å². The van der Waals surface area contributed by atoms with Crippen molar-refractivity contribution >= 4 is 23.4 Å². The van der Waals surface area contributed by atoms with Crippen LogP contribution in [-0.4, -0.2) is 21.9 Å². The highest BCUT2D eigenvalue weighted by Crippen LogP contribution is 2.32. The van der Waals surface area contributed by atoms with Gasteiger partial charge in [0.25, 0.3) is 0 Å². The summed E-state index contributed by atoms with van der Waals surface area (Å²) in [6, 6.07) is 15.6. The third kappa shape index (κ3) is 4.06. The van der Waals surface area contributed by atoms with Gasteiger partial charge in [-0.3, -0.25) is 4.57 Å². The summed E-state index contributed by atoms with van der Waals surface area (Å²) >= 11 is 7.68. The maximum atomic E-state index is 6.06. The molecule has 3 aromatic rings. The highest BCUT2D eigenvalue weighted by Gasteiger charge is 2.16. The van der Waals surface area contributed by atoms with Crippen LogP contribution in [-0.2, 0) is 12.3 Å². The zero-order valence-electron chi connectivity index (χ0n) is 13.9. The lowest BCUT2D eigenvalue weighted by Crippen LogP contribution is -2.01. The first-order chi connectivity index (χ1) is 12.2. The van der Waals surface area contributed by atoms with Crippen molar-refractivity contribution in [3.63, 3.8) is 0 Å². The summed E-state index contributed by atoms with van der Waals surface area (Å²) in [5, 5.41) is 10.3. The van der Waals surface area contributed by atoms with Gasteiger partial charge < -0.3 is 4.74 Å². The summed E-state index contributed by atoms with van der Waals surface area (Å²) in [6.45, 7) is 4.47. The Hall–Kier alpha value is -2.24. The van der Waals surface area contributed by atoms with Gasteiger partial charge in [-0.25, -0.2) is 0 Å². The first kappa shape index (κ1) is 17.6. The summed E-state index contributed by atoms with van der Waals surface area (Å²) in [5.41, 5.74) is 2.05. The standard InChI is InChI=1S/C19H18ClN3OS/c1-3-11-23-18(16-9-4-5-10-17(16)24-2)21-22-19(23)25-13-14-7-6-8-15(20)12-14/h3-10,12H,1,11,13H2,2H3. The second-order valence-corrected chi connectivity index (χ2v) is 6.70. The average molecular weight is 372 g/mol. The quantitative estimate of drug-likeness (QED) is 0.428. The molecule has 1 aromatic heterocycles. The largest absolute Gasteiger partial charge is 0.496 e. The zero-order chi connectivity index (χ0) is 17.6. The number of hydrogen-bond acceptors (Lipinski definition) is 4. The lowest BCUT2D eigenvalue weighted by Gasteiger charge is -2.10. The number of allylic oxidation sites excluding steroid dienone is 1. The molecule has 0 radical (unpaired) electrons. The topological polar surface area (TPSA) is 39.9 Å². The number of aromatic nitrogens is 3. The predicted molar refractivity (Wildman–Crippen MR) is 103 cm³/mol. The SMILES string of the molecule is C=CCn1c(SCc2cccc(Cl)c2)nnc1-c1ccccc1OC. The number of methoxy groups -OCH3 is 1. The molecule has 128 valence electrons. The van der Waals surface area contributed by atoms with E-state index >= 15 is 0 Å². The van der Waals surface area contributed by atoms with Crippen molar-refractivity contribution in [3.05, 3.63) is 71.8 Å². The van der Waals surface area contributed by atoms with Crippen LogP contribution >= 0.6 is 23.4 Å². The third-order valence-electron chi connectivity index (χ3n) is 3.63. The van der Waals surface area contributed by atoms with Crippen molar-refractivity contribution in [1.82, 2.24) is 14.8 Å². The molecule has 0 spiro atoms. The molecule has 0 amide bonds. The summed E-state index contributed by atoms with van der Waals surface area (Å²) in [5.74, 6) is 2.31. The fourth-order valence-corrected chi connectivity index (χ4v) is 3.60. The maximum Gasteiger partial charge on any atom is 0.192 e. The van der Waals surface area contributed by atoms with Crippen molar-refractivity contribution in [2.45, 2.75) is 17.5 Å². The Labute approximate surface area is 156 Å². The number of ether oxygens (including phenoxy) is 1. The molecular weight excluding hydrogens is 354 g/mol. The third-order valence-corrected chi connectivity index (χ3v) is 4.91. The highest BCUT2D eigenvalue weighted by molar-refractivity contribution is 7.98. The smallest absolute Gasteiger partial charge is 0.192 e. The molecule has 3 rings (SSSR count). The predicted octanol–water partition coefficient (Wildman–Crippen LogP) is 5.09. The van der Waals surface area contributed by atoms with Crippen LogP contribution in [0.25, 0.3) is 11.4 Å². The average Bonchev–Trinajstić information content (AvgIpc) is 3.03. The van der Waals surface area contributed by atoms with Gasteiger partial charge in [-0.15, -0.1) is 16.8 Å².